The van der Waals surface area contributed by atoms with E-state index in [9.17, 15) is 13.2 Å². The molecule has 158 valence electrons. The van der Waals surface area contributed by atoms with E-state index < -0.39 is 10.7 Å². The number of hydrogen-bond acceptors (Lipinski definition) is 5. The maximum Gasteiger partial charge on any atom is 0.270 e. The zero-order valence-corrected chi connectivity index (χ0v) is 17.6. The Labute approximate surface area is 173 Å². The summed E-state index contributed by atoms with van der Waals surface area (Å²) in [5, 5.41) is 7.89. The molecule has 7 nitrogen and oxygen atoms in total. The fourth-order valence-corrected chi connectivity index (χ4v) is 4.76. The minimum atomic E-state index is -2.36. The number of aromatic amines is 1. The molecule has 1 amide bonds. The van der Waals surface area contributed by atoms with Gasteiger partial charge < -0.3 is 20.5 Å². The highest BCUT2D eigenvalue weighted by molar-refractivity contribution is 7.72. The molecule has 0 atom stereocenters. The molecule has 1 aliphatic carbocycles. The van der Waals surface area contributed by atoms with Crippen LogP contribution in [-0.4, -0.2) is 55.6 Å². The highest BCUT2D eigenvalue weighted by atomic mass is 32.2. The number of amides is 1. The molecule has 0 unspecified atom stereocenters. The van der Waals surface area contributed by atoms with Crippen LogP contribution >= 0.6 is 0 Å². The van der Waals surface area contributed by atoms with Crippen LogP contribution < -0.4 is 10.6 Å². The number of benzene rings is 1. The number of nitrogens with zero attached hydrogens (tertiary/aromatic N) is 1. The molecule has 8 heteroatoms. The molecule has 1 aromatic carbocycles. The second-order valence-electron chi connectivity index (χ2n) is 8.15. The van der Waals surface area contributed by atoms with Crippen molar-refractivity contribution < 1.29 is 13.2 Å². The van der Waals surface area contributed by atoms with E-state index in [0.717, 1.165) is 48.1 Å². The molecule has 1 saturated heterocycles. The molecule has 1 aromatic heterocycles. The Morgan fingerprint density at radius 2 is 1.86 bits per heavy atom. The van der Waals surface area contributed by atoms with Gasteiger partial charge in [-0.05, 0) is 49.4 Å². The average molecular weight is 419 g/mol. The van der Waals surface area contributed by atoms with E-state index >= 15 is 0 Å². The lowest BCUT2D eigenvalue weighted by Crippen LogP contribution is -2.27. The van der Waals surface area contributed by atoms with Gasteiger partial charge in [0.05, 0.1) is 17.0 Å². The molecule has 3 N–H and O–H groups in total. The minimum absolute atomic E-state index is 0.0736. The van der Waals surface area contributed by atoms with Gasteiger partial charge in [-0.3, -0.25) is 4.79 Å². The van der Waals surface area contributed by atoms with Crippen LogP contribution in [0.5, 0.6) is 0 Å². The molecule has 0 bridgehead atoms. The molecule has 1 saturated carbocycles. The number of nitrogens with one attached hydrogen (secondary N) is 3. The first-order valence-corrected chi connectivity index (χ1v) is 12.0. The number of rotatable bonds is 8. The molecule has 2 aliphatic rings. The predicted molar refractivity (Wildman–Crippen MR) is 116 cm³/mol. The molecular weight excluding hydrogens is 388 g/mol. The van der Waals surface area contributed by atoms with Gasteiger partial charge in [0, 0.05) is 37.6 Å². The van der Waals surface area contributed by atoms with Gasteiger partial charge in [0.2, 0.25) is 0 Å². The largest absolute Gasteiger partial charge is 0.381 e. The lowest BCUT2D eigenvalue weighted by atomic mass is 10.1. The summed E-state index contributed by atoms with van der Waals surface area (Å²) in [5.74, 6) is 0.216. The molecule has 2 fully saturated rings. The van der Waals surface area contributed by atoms with E-state index in [4.69, 9.17) is 0 Å². The Kier molecular flexibility index (Phi) is 6.40. The fourth-order valence-electron chi connectivity index (χ4n) is 4.42. The van der Waals surface area contributed by atoms with Crippen molar-refractivity contribution in [3.8, 4) is 0 Å². The number of hydrogen-bond donors (Lipinski definition) is 4. The van der Waals surface area contributed by atoms with E-state index in [1.807, 2.05) is 11.0 Å². The Hall–Kier alpha value is -2.06. The number of fused-ring (bicyclic) bond motifs is 1. The summed E-state index contributed by atoms with van der Waals surface area (Å²) < 4.78 is 21.5. The van der Waals surface area contributed by atoms with Crippen LogP contribution in [0.15, 0.2) is 18.2 Å². The van der Waals surface area contributed by atoms with E-state index in [-0.39, 0.29) is 11.7 Å². The second kappa shape index (κ2) is 9.17. The Balaban J connectivity index is 1.59. The van der Waals surface area contributed by atoms with Crippen molar-refractivity contribution >= 4 is 33.2 Å². The van der Waals surface area contributed by atoms with Crippen molar-refractivity contribution in [1.29, 1.82) is 0 Å². The normalized spacial score (nSPS) is 17.6. The number of H-pyrrole nitrogens is 1. The van der Waals surface area contributed by atoms with Crippen molar-refractivity contribution in [2.75, 3.05) is 30.7 Å². The molecule has 2 heterocycles. The van der Waals surface area contributed by atoms with Crippen LogP contribution in [0.2, 0.25) is 0 Å². The van der Waals surface area contributed by atoms with Crippen molar-refractivity contribution in [3.63, 3.8) is 0 Å². The summed E-state index contributed by atoms with van der Waals surface area (Å²) in [6, 6.07) is 6.61. The molecule has 0 spiro atoms. The molecule has 4 rings (SSSR count). The van der Waals surface area contributed by atoms with Gasteiger partial charge in [0.1, 0.15) is 16.4 Å². The van der Waals surface area contributed by atoms with Crippen LogP contribution in [-0.2, 0) is 17.2 Å². The van der Waals surface area contributed by atoms with E-state index in [0.29, 0.717) is 24.8 Å². The molecule has 1 aliphatic heterocycles. The Morgan fingerprint density at radius 1 is 1.10 bits per heavy atom. The van der Waals surface area contributed by atoms with Crippen molar-refractivity contribution in [2.24, 2.45) is 0 Å². The van der Waals surface area contributed by atoms with Crippen LogP contribution in [0.3, 0.4) is 0 Å². The van der Waals surface area contributed by atoms with Gasteiger partial charge in [0.15, 0.2) is 0 Å². The number of thiol groups is 1. The van der Waals surface area contributed by atoms with Gasteiger partial charge in [-0.15, -0.1) is 0 Å². The highest BCUT2D eigenvalue weighted by Gasteiger charge is 2.22. The number of likely N-dealkylation sites (tertiary alicyclic amines) is 1. The third-order valence-electron chi connectivity index (χ3n) is 5.93. The first-order valence-electron chi connectivity index (χ1n) is 10.6. The number of carbonyl (C=O) groups excluding carboxylic acids is 1. The number of carbonyl (C=O) groups is 1. The van der Waals surface area contributed by atoms with Gasteiger partial charge >= 0.3 is 0 Å². The summed E-state index contributed by atoms with van der Waals surface area (Å²) in [6.07, 6.45) is 6.98. The summed E-state index contributed by atoms with van der Waals surface area (Å²) in [4.78, 5) is 18.1. The summed E-state index contributed by atoms with van der Waals surface area (Å²) >= 11 is 0. The van der Waals surface area contributed by atoms with Crippen molar-refractivity contribution in [1.82, 2.24) is 15.2 Å². The standard InChI is InChI=1S/C21H30N4O3S/c26-21(25-8-3-4-9-25)19-13-16-11-15(14-22-7-10-29(27)28)12-18(20(16)24-19)23-17-5-1-2-6-17/h11-13,17,22-24,29H,1-10,14H2. The summed E-state index contributed by atoms with van der Waals surface area (Å²) in [6.45, 7) is 2.70. The first-order chi connectivity index (χ1) is 14.1. The Morgan fingerprint density at radius 3 is 2.59 bits per heavy atom. The zero-order chi connectivity index (χ0) is 20.2. The van der Waals surface area contributed by atoms with E-state index in [1.165, 1.54) is 25.7 Å². The summed E-state index contributed by atoms with van der Waals surface area (Å²) in [5.41, 5.74) is 3.73. The van der Waals surface area contributed by atoms with Crippen molar-refractivity contribution in [3.05, 3.63) is 29.5 Å². The Bertz CT molecular complexity index is 933. The molecule has 0 radical (unpaired) electrons. The van der Waals surface area contributed by atoms with Crippen LogP contribution in [0.1, 0.15) is 54.6 Å². The SMILES string of the molecule is O=C(c1cc2cc(CNCC[SH](=O)=O)cc(NC3CCCC3)c2[nH]1)N1CCCC1. The highest BCUT2D eigenvalue weighted by Crippen LogP contribution is 2.30. The van der Waals surface area contributed by atoms with Gasteiger partial charge in [-0.1, -0.05) is 12.8 Å². The lowest BCUT2D eigenvalue weighted by molar-refractivity contribution is 0.0788. The predicted octanol–water partition coefficient (Wildman–Crippen LogP) is 2.46. The van der Waals surface area contributed by atoms with Crippen LogP contribution in [0, 0.1) is 0 Å². The van der Waals surface area contributed by atoms with E-state index in [2.05, 4.69) is 27.8 Å². The maximum absolute atomic E-state index is 12.8. The topological polar surface area (TPSA) is 94.3 Å². The number of anilines is 1. The smallest absolute Gasteiger partial charge is 0.270 e. The molecular formula is C21H30N4O3S. The minimum Gasteiger partial charge on any atom is -0.381 e. The van der Waals surface area contributed by atoms with Crippen LogP contribution in [0.4, 0.5) is 5.69 Å². The molecule has 2 aromatic rings. The quantitative estimate of drug-likeness (QED) is 0.390. The van der Waals surface area contributed by atoms with Gasteiger partial charge in [-0.25, -0.2) is 8.42 Å². The average Bonchev–Trinajstić information content (AvgIpc) is 3.45. The fraction of sp³-hybridized carbons (Fsp3) is 0.571. The maximum atomic E-state index is 12.8. The van der Waals surface area contributed by atoms with E-state index in [1.54, 1.807) is 0 Å². The van der Waals surface area contributed by atoms with Gasteiger partial charge in [0.25, 0.3) is 5.91 Å². The molecule has 29 heavy (non-hydrogen) atoms. The summed E-state index contributed by atoms with van der Waals surface area (Å²) in [7, 11) is -2.36. The zero-order valence-electron chi connectivity index (χ0n) is 16.7. The third-order valence-corrected chi connectivity index (χ3v) is 6.52. The first kappa shape index (κ1) is 20.2. The second-order valence-corrected chi connectivity index (χ2v) is 9.26. The van der Waals surface area contributed by atoms with Crippen molar-refractivity contribution in [2.45, 2.75) is 51.1 Å². The monoisotopic (exact) mass is 418 g/mol. The van der Waals surface area contributed by atoms with Gasteiger partial charge in [-0.2, -0.15) is 0 Å². The van der Waals surface area contributed by atoms with Crippen LogP contribution in [0.25, 0.3) is 10.9 Å². The number of aromatic nitrogens is 1. The third kappa shape index (κ3) is 4.93. The lowest BCUT2D eigenvalue weighted by Gasteiger charge is -2.16.